The summed E-state index contributed by atoms with van der Waals surface area (Å²) in [6, 6.07) is 2.21. The van der Waals surface area contributed by atoms with Crippen LogP contribution in [-0.4, -0.2) is 15.3 Å². The summed E-state index contributed by atoms with van der Waals surface area (Å²) in [5, 5.41) is 4.57. The van der Waals surface area contributed by atoms with Crippen LogP contribution in [0.25, 0.3) is 0 Å². The van der Waals surface area contributed by atoms with E-state index in [2.05, 4.69) is 50.5 Å². The average molecular weight is 277 g/mol. The molecule has 0 amide bonds. The first kappa shape index (κ1) is 15.6. The lowest BCUT2D eigenvalue weighted by atomic mass is 9.61. The number of hydrogen-bond acceptors (Lipinski definition) is 2. The quantitative estimate of drug-likeness (QED) is 0.915. The lowest BCUT2D eigenvalue weighted by Crippen LogP contribution is -2.55. The fourth-order valence-corrected chi connectivity index (χ4v) is 4.12. The summed E-state index contributed by atoms with van der Waals surface area (Å²) in [5.74, 6) is 0.587. The van der Waals surface area contributed by atoms with Crippen LogP contribution in [-0.2, 0) is 13.0 Å². The fraction of sp³-hybridized carbons (Fsp3) is 0.824. The first-order valence-electron chi connectivity index (χ1n) is 8.08. The number of aromatic nitrogens is 2. The van der Waals surface area contributed by atoms with Gasteiger partial charge in [-0.25, -0.2) is 0 Å². The summed E-state index contributed by atoms with van der Waals surface area (Å²) in [5.41, 5.74) is 9.53. The second-order valence-corrected chi connectivity index (χ2v) is 7.67. The van der Waals surface area contributed by atoms with Crippen molar-refractivity contribution in [3.63, 3.8) is 0 Å². The Labute approximate surface area is 123 Å². The summed E-state index contributed by atoms with van der Waals surface area (Å²) >= 11 is 0. The van der Waals surface area contributed by atoms with E-state index in [1.165, 1.54) is 25.0 Å². The Morgan fingerprint density at radius 1 is 1.40 bits per heavy atom. The van der Waals surface area contributed by atoms with E-state index in [1.54, 1.807) is 0 Å². The molecule has 2 rings (SSSR count). The van der Waals surface area contributed by atoms with Crippen molar-refractivity contribution in [3.05, 3.63) is 17.5 Å². The van der Waals surface area contributed by atoms with Crippen LogP contribution in [0, 0.1) is 18.3 Å². The molecule has 1 heterocycles. The van der Waals surface area contributed by atoms with Crippen molar-refractivity contribution < 1.29 is 0 Å². The van der Waals surface area contributed by atoms with Gasteiger partial charge < -0.3 is 5.73 Å². The van der Waals surface area contributed by atoms with Crippen molar-refractivity contribution in [2.75, 3.05) is 0 Å². The number of aryl methyl sites for hydroxylation is 2. The molecule has 0 spiro atoms. The van der Waals surface area contributed by atoms with E-state index in [1.807, 2.05) is 0 Å². The third kappa shape index (κ3) is 3.08. The molecular formula is C17H31N3. The number of nitrogens with zero attached hydrogens (tertiary/aromatic N) is 2. The smallest absolute Gasteiger partial charge is 0.0596 e. The molecule has 114 valence electrons. The van der Waals surface area contributed by atoms with Gasteiger partial charge in [0.2, 0.25) is 0 Å². The Morgan fingerprint density at radius 2 is 2.10 bits per heavy atom. The molecular weight excluding hydrogens is 246 g/mol. The molecule has 3 heteroatoms. The van der Waals surface area contributed by atoms with Gasteiger partial charge in [-0.15, -0.1) is 0 Å². The molecule has 0 saturated heterocycles. The summed E-state index contributed by atoms with van der Waals surface area (Å²) in [6.45, 7) is 12.2. The van der Waals surface area contributed by atoms with E-state index < -0.39 is 0 Å². The van der Waals surface area contributed by atoms with Gasteiger partial charge in [-0.2, -0.15) is 5.10 Å². The lowest BCUT2D eigenvalue weighted by molar-refractivity contribution is 0.0778. The molecule has 0 radical (unpaired) electrons. The SMILES string of the molecule is CCn1nc(C)cc1CC1(N)CCCCC1C(C)(C)C. The zero-order valence-corrected chi connectivity index (χ0v) is 13.9. The summed E-state index contributed by atoms with van der Waals surface area (Å²) in [4.78, 5) is 0. The van der Waals surface area contributed by atoms with Gasteiger partial charge in [0.25, 0.3) is 0 Å². The minimum absolute atomic E-state index is 0.0735. The zero-order valence-electron chi connectivity index (χ0n) is 13.9. The van der Waals surface area contributed by atoms with Crippen LogP contribution in [0.4, 0.5) is 0 Å². The van der Waals surface area contributed by atoms with Gasteiger partial charge in [-0.3, -0.25) is 4.68 Å². The van der Waals surface area contributed by atoms with Crippen LogP contribution >= 0.6 is 0 Å². The summed E-state index contributed by atoms with van der Waals surface area (Å²) in [6.07, 6.45) is 5.96. The number of nitrogens with two attached hydrogens (primary N) is 1. The largest absolute Gasteiger partial charge is 0.324 e. The maximum absolute atomic E-state index is 6.91. The van der Waals surface area contributed by atoms with E-state index in [-0.39, 0.29) is 11.0 Å². The van der Waals surface area contributed by atoms with Crippen LogP contribution in [0.2, 0.25) is 0 Å². The van der Waals surface area contributed by atoms with Gasteiger partial charge in [-0.05, 0) is 44.1 Å². The average Bonchev–Trinajstić information content (AvgIpc) is 2.67. The van der Waals surface area contributed by atoms with Crippen LogP contribution < -0.4 is 5.73 Å². The van der Waals surface area contributed by atoms with Gasteiger partial charge in [0.05, 0.1) is 5.69 Å². The Kier molecular flexibility index (Phi) is 4.29. The van der Waals surface area contributed by atoms with Gasteiger partial charge in [0.15, 0.2) is 0 Å². The second-order valence-electron chi connectivity index (χ2n) is 7.67. The predicted molar refractivity (Wildman–Crippen MR) is 84.7 cm³/mol. The molecule has 1 saturated carbocycles. The molecule has 1 aromatic heterocycles. The van der Waals surface area contributed by atoms with E-state index in [0.29, 0.717) is 5.92 Å². The second kappa shape index (κ2) is 5.51. The van der Waals surface area contributed by atoms with Crippen molar-refractivity contribution in [1.29, 1.82) is 0 Å². The van der Waals surface area contributed by atoms with Gasteiger partial charge in [0.1, 0.15) is 0 Å². The van der Waals surface area contributed by atoms with Crippen LogP contribution in [0.5, 0.6) is 0 Å². The third-order valence-electron chi connectivity index (χ3n) is 4.92. The minimum Gasteiger partial charge on any atom is -0.324 e. The van der Waals surface area contributed by atoms with Crippen molar-refractivity contribution >= 4 is 0 Å². The van der Waals surface area contributed by atoms with Crippen molar-refractivity contribution in [3.8, 4) is 0 Å². The third-order valence-corrected chi connectivity index (χ3v) is 4.92. The van der Waals surface area contributed by atoms with E-state index in [9.17, 15) is 0 Å². The van der Waals surface area contributed by atoms with E-state index in [4.69, 9.17) is 5.73 Å². The van der Waals surface area contributed by atoms with Crippen molar-refractivity contribution in [2.24, 2.45) is 17.1 Å². The van der Waals surface area contributed by atoms with Crippen LogP contribution in [0.1, 0.15) is 64.8 Å². The monoisotopic (exact) mass is 277 g/mol. The first-order chi connectivity index (χ1) is 9.26. The van der Waals surface area contributed by atoms with Gasteiger partial charge >= 0.3 is 0 Å². The van der Waals surface area contributed by atoms with Crippen LogP contribution in [0.3, 0.4) is 0 Å². The highest BCUT2D eigenvalue weighted by Gasteiger charge is 2.43. The zero-order chi connectivity index (χ0) is 15.0. The molecule has 0 aliphatic heterocycles. The van der Waals surface area contributed by atoms with Gasteiger partial charge in [-0.1, -0.05) is 33.6 Å². The lowest BCUT2D eigenvalue weighted by Gasteiger charge is -2.48. The molecule has 2 atom stereocenters. The molecule has 2 unspecified atom stereocenters. The standard InChI is InChI=1S/C17H31N3/c1-6-20-14(11-13(2)19-20)12-17(18)10-8-7-9-15(17)16(3,4)5/h11,15H,6-10,12,18H2,1-5H3. The maximum atomic E-state index is 6.91. The number of hydrogen-bond donors (Lipinski definition) is 1. The molecule has 1 aromatic rings. The summed E-state index contributed by atoms with van der Waals surface area (Å²) < 4.78 is 2.12. The highest BCUT2D eigenvalue weighted by Crippen LogP contribution is 2.44. The fourth-order valence-electron chi connectivity index (χ4n) is 4.12. The topological polar surface area (TPSA) is 43.8 Å². The molecule has 1 aliphatic carbocycles. The van der Waals surface area contributed by atoms with Crippen LogP contribution in [0.15, 0.2) is 6.07 Å². The molecule has 0 bridgehead atoms. The van der Waals surface area contributed by atoms with E-state index in [0.717, 1.165) is 25.1 Å². The van der Waals surface area contributed by atoms with E-state index >= 15 is 0 Å². The Balaban J connectivity index is 2.27. The maximum Gasteiger partial charge on any atom is 0.0596 e. The molecule has 1 fully saturated rings. The van der Waals surface area contributed by atoms with Crippen molar-refractivity contribution in [2.45, 2.75) is 78.8 Å². The molecule has 0 aromatic carbocycles. The van der Waals surface area contributed by atoms with Gasteiger partial charge in [0, 0.05) is 24.2 Å². The molecule has 2 N–H and O–H groups in total. The summed E-state index contributed by atoms with van der Waals surface area (Å²) in [7, 11) is 0. The highest BCUT2D eigenvalue weighted by atomic mass is 15.3. The Morgan fingerprint density at radius 3 is 2.70 bits per heavy atom. The first-order valence-corrected chi connectivity index (χ1v) is 8.08. The molecule has 20 heavy (non-hydrogen) atoms. The molecule has 3 nitrogen and oxygen atoms in total. The minimum atomic E-state index is -0.0735. The number of rotatable bonds is 3. The highest BCUT2D eigenvalue weighted by molar-refractivity contribution is 5.15. The molecule has 1 aliphatic rings. The van der Waals surface area contributed by atoms with Crippen molar-refractivity contribution in [1.82, 2.24) is 9.78 Å². The predicted octanol–water partition coefficient (Wildman–Crippen LogP) is 3.69. The normalized spacial score (nSPS) is 27.8. The Bertz CT molecular complexity index is 455. The Hall–Kier alpha value is -0.830.